The summed E-state index contributed by atoms with van der Waals surface area (Å²) < 4.78 is 5.92. The minimum atomic E-state index is -1.02. The third-order valence-corrected chi connectivity index (χ3v) is 3.79. The van der Waals surface area contributed by atoms with Crippen LogP contribution in [0.5, 0.6) is 5.75 Å². The van der Waals surface area contributed by atoms with E-state index >= 15 is 0 Å². The molecule has 2 aromatic rings. The Bertz CT molecular complexity index is 675. The number of hydrogen-bond acceptors (Lipinski definition) is 4. The molecule has 1 atom stereocenters. The van der Waals surface area contributed by atoms with Crippen molar-refractivity contribution >= 4 is 23.4 Å². The van der Waals surface area contributed by atoms with Gasteiger partial charge in [0.15, 0.2) is 5.69 Å². The summed E-state index contributed by atoms with van der Waals surface area (Å²) in [5.74, 6) is 0.431. The molecule has 6 heteroatoms. The predicted molar refractivity (Wildman–Crippen MR) is 83.9 cm³/mol. The average molecular weight is 319 g/mol. The van der Waals surface area contributed by atoms with Gasteiger partial charge in [0, 0.05) is 18.0 Å². The Morgan fingerprint density at radius 3 is 2.77 bits per heavy atom. The van der Waals surface area contributed by atoms with Gasteiger partial charge in [0.05, 0.1) is 6.54 Å². The highest BCUT2D eigenvalue weighted by molar-refractivity contribution is 6.30. The minimum Gasteiger partial charge on any atom is -0.489 e. The zero-order valence-electron chi connectivity index (χ0n) is 11.8. The number of carboxylic acids is 1. The van der Waals surface area contributed by atoms with Crippen LogP contribution in [0.25, 0.3) is 0 Å². The molecule has 3 rings (SSSR count). The topological polar surface area (TPSA) is 62.7 Å². The SMILES string of the molecule is O=C(O)c1cccc(N2CCC(Oc3ccc(Cl)cc3)C2)n1. The van der Waals surface area contributed by atoms with Gasteiger partial charge in [0.2, 0.25) is 0 Å². The van der Waals surface area contributed by atoms with Crippen LogP contribution >= 0.6 is 11.6 Å². The van der Waals surface area contributed by atoms with Crippen molar-refractivity contribution in [1.82, 2.24) is 4.98 Å². The van der Waals surface area contributed by atoms with Crippen LogP contribution in [0.4, 0.5) is 5.82 Å². The second-order valence-electron chi connectivity index (χ2n) is 5.11. The Hall–Kier alpha value is -2.27. The van der Waals surface area contributed by atoms with Crippen LogP contribution in [0.2, 0.25) is 5.02 Å². The van der Waals surface area contributed by atoms with E-state index in [0.29, 0.717) is 17.4 Å². The molecule has 0 aliphatic carbocycles. The van der Waals surface area contributed by atoms with Crippen molar-refractivity contribution in [2.45, 2.75) is 12.5 Å². The number of aromatic nitrogens is 1. The zero-order valence-corrected chi connectivity index (χ0v) is 12.5. The molecule has 2 heterocycles. The fraction of sp³-hybridized carbons (Fsp3) is 0.250. The lowest BCUT2D eigenvalue weighted by atomic mass is 10.3. The van der Waals surface area contributed by atoms with Gasteiger partial charge in [0.1, 0.15) is 17.7 Å². The van der Waals surface area contributed by atoms with Crippen LogP contribution in [-0.2, 0) is 0 Å². The highest BCUT2D eigenvalue weighted by Crippen LogP contribution is 2.23. The van der Waals surface area contributed by atoms with Crippen LogP contribution < -0.4 is 9.64 Å². The monoisotopic (exact) mass is 318 g/mol. The first-order chi connectivity index (χ1) is 10.6. The van der Waals surface area contributed by atoms with E-state index in [1.807, 2.05) is 23.1 Å². The number of carboxylic acid groups (broad SMARTS) is 1. The van der Waals surface area contributed by atoms with Gasteiger partial charge in [-0.2, -0.15) is 0 Å². The van der Waals surface area contributed by atoms with Crippen molar-refractivity contribution in [3.05, 3.63) is 53.2 Å². The number of benzene rings is 1. The number of ether oxygens (including phenoxy) is 1. The molecule has 1 aromatic carbocycles. The van der Waals surface area contributed by atoms with Crippen molar-refractivity contribution in [3.8, 4) is 5.75 Å². The fourth-order valence-corrected chi connectivity index (χ4v) is 2.58. The Morgan fingerprint density at radius 1 is 1.27 bits per heavy atom. The van der Waals surface area contributed by atoms with Crippen molar-refractivity contribution in [2.75, 3.05) is 18.0 Å². The Morgan fingerprint density at radius 2 is 2.05 bits per heavy atom. The van der Waals surface area contributed by atoms with Crippen LogP contribution in [0, 0.1) is 0 Å². The Kier molecular flexibility index (Phi) is 4.15. The largest absolute Gasteiger partial charge is 0.489 e. The smallest absolute Gasteiger partial charge is 0.354 e. The van der Waals surface area contributed by atoms with Gasteiger partial charge < -0.3 is 14.7 Å². The number of halogens is 1. The van der Waals surface area contributed by atoms with Crippen LogP contribution in [-0.4, -0.2) is 35.3 Å². The highest BCUT2D eigenvalue weighted by Gasteiger charge is 2.25. The molecular weight excluding hydrogens is 304 g/mol. The van der Waals surface area contributed by atoms with Crippen molar-refractivity contribution in [1.29, 1.82) is 0 Å². The molecule has 5 nitrogen and oxygen atoms in total. The normalized spacial score (nSPS) is 17.5. The second kappa shape index (κ2) is 6.23. The molecule has 0 amide bonds. The van der Waals surface area contributed by atoms with Crippen LogP contribution in [0.1, 0.15) is 16.9 Å². The van der Waals surface area contributed by atoms with E-state index in [-0.39, 0.29) is 11.8 Å². The molecule has 1 N–H and O–H groups in total. The summed E-state index contributed by atoms with van der Waals surface area (Å²) in [5, 5.41) is 9.68. The molecule has 22 heavy (non-hydrogen) atoms. The summed E-state index contributed by atoms with van der Waals surface area (Å²) in [4.78, 5) is 17.2. The molecule has 1 aliphatic heterocycles. The number of anilines is 1. The van der Waals surface area contributed by atoms with Crippen molar-refractivity contribution < 1.29 is 14.6 Å². The van der Waals surface area contributed by atoms with Gasteiger partial charge in [-0.15, -0.1) is 0 Å². The fourth-order valence-electron chi connectivity index (χ4n) is 2.46. The first kappa shape index (κ1) is 14.7. The lowest BCUT2D eigenvalue weighted by Crippen LogP contribution is -2.25. The number of aromatic carboxylic acids is 1. The molecule has 114 valence electrons. The number of carbonyl (C=O) groups is 1. The molecule has 0 saturated carbocycles. The predicted octanol–water partition coefficient (Wildman–Crippen LogP) is 3.09. The third-order valence-electron chi connectivity index (χ3n) is 3.54. The highest BCUT2D eigenvalue weighted by atomic mass is 35.5. The lowest BCUT2D eigenvalue weighted by molar-refractivity contribution is 0.0690. The van der Waals surface area contributed by atoms with Crippen molar-refractivity contribution in [2.24, 2.45) is 0 Å². The van der Waals surface area contributed by atoms with Gasteiger partial charge in [-0.05, 0) is 36.4 Å². The van der Waals surface area contributed by atoms with Crippen molar-refractivity contribution in [3.63, 3.8) is 0 Å². The standard InChI is InChI=1S/C16H15ClN2O3/c17-11-4-6-12(7-5-11)22-13-8-9-19(10-13)15-3-1-2-14(18-15)16(20)21/h1-7,13H,8-10H2,(H,20,21). The molecule has 1 aliphatic rings. The Balaban J connectivity index is 1.65. The van der Waals surface area contributed by atoms with E-state index in [2.05, 4.69) is 4.98 Å². The second-order valence-corrected chi connectivity index (χ2v) is 5.55. The molecule has 0 spiro atoms. The first-order valence-electron chi connectivity index (χ1n) is 6.99. The quantitative estimate of drug-likeness (QED) is 0.938. The average Bonchev–Trinajstić information content (AvgIpc) is 2.98. The lowest BCUT2D eigenvalue weighted by Gasteiger charge is -2.18. The summed E-state index contributed by atoms with van der Waals surface area (Å²) >= 11 is 5.85. The first-order valence-corrected chi connectivity index (χ1v) is 7.37. The molecule has 0 bridgehead atoms. The summed E-state index contributed by atoms with van der Waals surface area (Å²) in [6, 6.07) is 12.3. The van der Waals surface area contributed by atoms with Crippen LogP contribution in [0.15, 0.2) is 42.5 Å². The van der Waals surface area contributed by atoms with E-state index in [4.69, 9.17) is 21.4 Å². The maximum absolute atomic E-state index is 11.0. The minimum absolute atomic E-state index is 0.0523. The summed E-state index contributed by atoms with van der Waals surface area (Å²) in [5.41, 5.74) is 0.0552. The number of hydrogen-bond donors (Lipinski definition) is 1. The number of nitrogens with zero attached hydrogens (tertiary/aromatic N) is 2. The molecule has 1 aromatic heterocycles. The third kappa shape index (κ3) is 3.31. The van der Waals surface area contributed by atoms with Gasteiger partial charge in [-0.1, -0.05) is 17.7 Å². The maximum Gasteiger partial charge on any atom is 0.354 e. The molecule has 1 saturated heterocycles. The van der Waals surface area contributed by atoms with E-state index in [9.17, 15) is 4.79 Å². The molecule has 1 unspecified atom stereocenters. The van der Waals surface area contributed by atoms with Gasteiger partial charge >= 0.3 is 5.97 Å². The maximum atomic E-state index is 11.0. The summed E-state index contributed by atoms with van der Waals surface area (Å²) in [7, 11) is 0. The van der Waals surface area contributed by atoms with Gasteiger partial charge in [-0.25, -0.2) is 9.78 Å². The molecule has 0 radical (unpaired) electrons. The zero-order chi connectivity index (χ0) is 15.5. The van der Waals surface area contributed by atoms with Gasteiger partial charge in [0.25, 0.3) is 0 Å². The molecule has 1 fully saturated rings. The van der Waals surface area contributed by atoms with E-state index < -0.39 is 5.97 Å². The van der Waals surface area contributed by atoms with Gasteiger partial charge in [-0.3, -0.25) is 0 Å². The summed E-state index contributed by atoms with van der Waals surface area (Å²) in [6.07, 6.45) is 0.915. The van der Waals surface area contributed by atoms with E-state index in [1.165, 1.54) is 6.07 Å². The summed E-state index contributed by atoms with van der Waals surface area (Å²) in [6.45, 7) is 1.47. The van der Waals surface area contributed by atoms with E-state index in [0.717, 1.165) is 18.7 Å². The Labute approximate surface area is 133 Å². The molecular formula is C16H15ClN2O3. The van der Waals surface area contributed by atoms with Crippen LogP contribution in [0.3, 0.4) is 0 Å². The van der Waals surface area contributed by atoms with E-state index in [1.54, 1.807) is 18.2 Å². The number of rotatable bonds is 4. The number of pyridine rings is 1.